The topological polar surface area (TPSA) is 99.4 Å². The lowest BCUT2D eigenvalue weighted by molar-refractivity contribution is -0.150. The van der Waals surface area contributed by atoms with E-state index in [1.54, 1.807) is 0 Å². The van der Waals surface area contributed by atoms with E-state index in [1.807, 2.05) is 0 Å². The number of fused-ring (bicyclic) bond motifs is 5. The van der Waals surface area contributed by atoms with Crippen molar-refractivity contribution in [1.29, 1.82) is 0 Å². The van der Waals surface area contributed by atoms with Gasteiger partial charge in [-0.15, -0.1) is 0 Å². The molecule has 0 aromatic carbocycles. The molecule has 188 valence electrons. The third-order valence-electron chi connectivity index (χ3n) is 10.8. The first-order valence-corrected chi connectivity index (χ1v) is 13.2. The largest absolute Gasteiger partial charge is 0.480 e. The number of allylic oxidation sites excluding steroid dienone is 2. The molecular weight excluding hydrogens is 432 g/mol. The molecule has 7 atom stereocenters. The summed E-state index contributed by atoms with van der Waals surface area (Å²) >= 11 is 0. The summed E-state index contributed by atoms with van der Waals surface area (Å²) in [5, 5.41) is 24.7. The monoisotopic (exact) mass is 472 g/mol. The molecule has 1 heterocycles. The van der Waals surface area contributed by atoms with Gasteiger partial charge in [-0.1, -0.05) is 24.6 Å². The molecule has 7 nitrogen and oxygen atoms in total. The highest BCUT2D eigenvalue weighted by atomic mass is 16.6. The van der Waals surface area contributed by atoms with Crippen molar-refractivity contribution in [3.8, 4) is 0 Å². The second-order valence-electron chi connectivity index (χ2n) is 12.2. The molecule has 0 aromatic heterocycles. The highest BCUT2D eigenvalue weighted by Crippen LogP contribution is 2.67. The van der Waals surface area contributed by atoms with E-state index in [1.165, 1.54) is 23.3 Å². The molecule has 5 rings (SSSR count). The lowest BCUT2D eigenvalue weighted by Crippen LogP contribution is -2.53. The van der Waals surface area contributed by atoms with Gasteiger partial charge in [0.15, 0.2) is 6.61 Å². The van der Waals surface area contributed by atoms with Gasteiger partial charge in [0.2, 0.25) is 0 Å². The molecule has 1 amide bonds. The van der Waals surface area contributed by atoms with Crippen LogP contribution in [0.3, 0.4) is 0 Å². The summed E-state index contributed by atoms with van der Waals surface area (Å²) in [4.78, 5) is 30.6. The van der Waals surface area contributed by atoms with Crippen LogP contribution >= 0.6 is 0 Å². The molecule has 2 N–H and O–H groups in total. The van der Waals surface area contributed by atoms with Crippen LogP contribution in [0.15, 0.2) is 16.8 Å². The summed E-state index contributed by atoms with van der Waals surface area (Å²) in [5.74, 6) is 0.704. The fraction of sp³-hybridized carbons (Fsp3) is 0.815. The smallest absolute Gasteiger partial charge is 0.326 e. The lowest BCUT2D eigenvalue weighted by Gasteiger charge is -2.59. The molecule has 1 saturated heterocycles. The van der Waals surface area contributed by atoms with Crippen molar-refractivity contribution in [2.24, 2.45) is 33.7 Å². The average Bonchev–Trinajstić information content (AvgIpc) is 3.37. The Morgan fingerprint density at radius 3 is 2.62 bits per heavy atom. The van der Waals surface area contributed by atoms with Gasteiger partial charge in [-0.05, 0) is 106 Å². The molecule has 0 spiro atoms. The number of rotatable bonds is 4. The van der Waals surface area contributed by atoms with E-state index in [0.29, 0.717) is 37.1 Å². The zero-order chi connectivity index (χ0) is 24.3. The van der Waals surface area contributed by atoms with E-state index in [2.05, 4.69) is 32.0 Å². The number of carboxylic acids is 1. The number of carboxylic acid groups (broad SMARTS) is 1. The fourth-order valence-electron chi connectivity index (χ4n) is 8.46. The van der Waals surface area contributed by atoms with Crippen LogP contribution in [0.25, 0.3) is 0 Å². The third kappa shape index (κ3) is 3.61. The molecule has 4 fully saturated rings. The van der Waals surface area contributed by atoms with Crippen molar-refractivity contribution in [3.05, 3.63) is 11.6 Å². The van der Waals surface area contributed by atoms with Crippen LogP contribution in [-0.2, 0) is 14.4 Å². The molecule has 1 aliphatic heterocycles. The van der Waals surface area contributed by atoms with E-state index < -0.39 is 17.6 Å². The number of aliphatic hydroxyl groups is 1. The molecule has 7 heteroatoms. The van der Waals surface area contributed by atoms with Crippen molar-refractivity contribution in [3.63, 3.8) is 0 Å². The first-order valence-electron chi connectivity index (χ1n) is 13.2. The first-order chi connectivity index (χ1) is 16.1. The normalized spacial score (nSPS) is 44.8. The Kier molecular flexibility index (Phi) is 5.85. The first kappa shape index (κ1) is 23.8. The summed E-state index contributed by atoms with van der Waals surface area (Å²) < 4.78 is 0. The summed E-state index contributed by atoms with van der Waals surface area (Å²) in [5.41, 5.74) is 2.03. The third-order valence-corrected chi connectivity index (χ3v) is 10.8. The van der Waals surface area contributed by atoms with Crippen LogP contribution in [0, 0.1) is 28.6 Å². The zero-order valence-electron chi connectivity index (χ0n) is 20.9. The second-order valence-corrected chi connectivity index (χ2v) is 12.2. The average molecular weight is 473 g/mol. The van der Waals surface area contributed by atoms with Gasteiger partial charge in [0.05, 0.1) is 11.3 Å². The van der Waals surface area contributed by atoms with Crippen molar-refractivity contribution < 1.29 is 24.6 Å². The summed E-state index contributed by atoms with van der Waals surface area (Å²) in [7, 11) is 0. The Morgan fingerprint density at radius 2 is 1.85 bits per heavy atom. The van der Waals surface area contributed by atoms with Gasteiger partial charge in [0, 0.05) is 6.54 Å². The Morgan fingerprint density at radius 1 is 1.09 bits per heavy atom. The number of aliphatic carboxylic acids is 1. The van der Waals surface area contributed by atoms with Crippen LogP contribution < -0.4 is 0 Å². The van der Waals surface area contributed by atoms with Crippen LogP contribution in [0.1, 0.15) is 85.0 Å². The van der Waals surface area contributed by atoms with Crippen LogP contribution in [0.4, 0.5) is 0 Å². The maximum atomic E-state index is 12.4. The van der Waals surface area contributed by atoms with Gasteiger partial charge < -0.3 is 20.0 Å². The van der Waals surface area contributed by atoms with Gasteiger partial charge in [0.25, 0.3) is 5.91 Å². The van der Waals surface area contributed by atoms with E-state index >= 15 is 0 Å². The molecule has 0 unspecified atom stereocenters. The number of carbonyl (C=O) groups is 2. The molecule has 4 aliphatic carbocycles. The summed E-state index contributed by atoms with van der Waals surface area (Å²) in [6.07, 6.45) is 11.9. The highest BCUT2D eigenvalue weighted by molar-refractivity contribution is 5.96. The molecule has 5 aliphatic rings. The van der Waals surface area contributed by atoms with E-state index in [4.69, 9.17) is 4.84 Å². The number of hydrogen-bond donors (Lipinski definition) is 2. The Hall–Kier alpha value is -1.89. The fourth-order valence-corrected chi connectivity index (χ4v) is 8.46. The van der Waals surface area contributed by atoms with Crippen LogP contribution in [0.5, 0.6) is 0 Å². The minimum atomic E-state index is -0.951. The van der Waals surface area contributed by atoms with Gasteiger partial charge >= 0.3 is 5.97 Å². The number of amides is 1. The number of likely N-dealkylation sites (tertiary alicyclic amines) is 1. The zero-order valence-corrected chi connectivity index (χ0v) is 20.9. The minimum absolute atomic E-state index is 0.0440. The van der Waals surface area contributed by atoms with Crippen LogP contribution in [0.2, 0.25) is 0 Å². The predicted molar refractivity (Wildman–Crippen MR) is 128 cm³/mol. The Bertz CT molecular complexity index is 926. The van der Waals surface area contributed by atoms with E-state index in [9.17, 15) is 19.8 Å². The number of oxime groups is 1. The second kappa shape index (κ2) is 8.35. The molecule has 0 radical (unpaired) electrons. The quantitative estimate of drug-likeness (QED) is 0.599. The molecule has 0 aromatic rings. The van der Waals surface area contributed by atoms with Gasteiger partial charge in [0.1, 0.15) is 6.04 Å². The van der Waals surface area contributed by atoms with Crippen molar-refractivity contribution in [2.45, 2.75) is 96.6 Å². The maximum Gasteiger partial charge on any atom is 0.326 e. The molecule has 0 bridgehead atoms. The van der Waals surface area contributed by atoms with Crippen molar-refractivity contribution in [2.75, 3.05) is 13.2 Å². The maximum absolute atomic E-state index is 12.4. The van der Waals surface area contributed by atoms with Crippen molar-refractivity contribution >= 4 is 17.6 Å². The summed E-state index contributed by atoms with van der Waals surface area (Å²) in [6.45, 7) is 7.09. The summed E-state index contributed by atoms with van der Waals surface area (Å²) in [6, 6.07) is -0.739. The minimum Gasteiger partial charge on any atom is -0.480 e. The van der Waals surface area contributed by atoms with E-state index in [0.717, 1.165) is 44.2 Å². The number of carbonyl (C=O) groups excluding carboxylic acids is 1. The van der Waals surface area contributed by atoms with E-state index in [-0.39, 0.29) is 23.3 Å². The Labute approximate surface area is 202 Å². The highest BCUT2D eigenvalue weighted by Gasteiger charge is 2.62. The Balaban J connectivity index is 1.25. The lowest BCUT2D eigenvalue weighted by atomic mass is 9.46. The molecule has 34 heavy (non-hydrogen) atoms. The van der Waals surface area contributed by atoms with Gasteiger partial charge in [-0.25, -0.2) is 4.79 Å². The molecule has 3 saturated carbocycles. The number of nitrogens with zero attached hydrogens (tertiary/aromatic N) is 2. The molecular formula is C27H40N2O5. The van der Waals surface area contributed by atoms with Gasteiger partial charge in [-0.2, -0.15) is 0 Å². The van der Waals surface area contributed by atoms with Crippen LogP contribution in [-0.4, -0.2) is 57.5 Å². The van der Waals surface area contributed by atoms with Crippen molar-refractivity contribution in [1.82, 2.24) is 4.90 Å². The van der Waals surface area contributed by atoms with Gasteiger partial charge in [-0.3, -0.25) is 4.79 Å². The standard InChI is InChI=1S/C27H40N2O5/c1-25-11-8-18(28-34-16-23(30)29-14-4-5-22(29)24(31)32)15-17(25)6-7-19-20(25)9-12-26(2)21(19)10-13-27(26,3)33/h15,19-22,33H,4-14,16H2,1-3H3,(H,31,32)/b28-18-/t19-,20+,21+,22+,25+,26+,27+/m1/s1. The SMILES string of the molecule is C[C@]12CC/C(=N/OCC(=O)N3CCC[C@H]3C(=O)O)C=C1CC[C@@H]1[C@@H]2CC[C@@]2(C)[C@H]1CC[C@]2(C)O. The number of hydrogen-bond acceptors (Lipinski definition) is 5. The predicted octanol–water partition coefficient (Wildman–Crippen LogP) is 4.15.